The number of alkyl carbamates (subject to hydrolysis) is 1. The van der Waals surface area contributed by atoms with Crippen LogP contribution in [0.15, 0.2) is 30.3 Å². The Labute approximate surface area is 639 Å². The van der Waals surface area contributed by atoms with Gasteiger partial charge in [0, 0.05) is 108 Å². The van der Waals surface area contributed by atoms with Crippen molar-refractivity contribution in [3.05, 3.63) is 35.9 Å². The van der Waals surface area contributed by atoms with E-state index in [0.29, 0.717) is 25.7 Å². The van der Waals surface area contributed by atoms with Gasteiger partial charge in [-0.2, -0.15) is 0 Å². The Morgan fingerprint density at radius 1 is 0.346 bits per heavy atom. The lowest BCUT2D eigenvalue weighted by Crippen LogP contribution is -2.49. The van der Waals surface area contributed by atoms with E-state index in [1.807, 2.05) is 141 Å². The SMILES string of the molecule is CC(C)C[C@@H](CC(=O)NC[C@@H](C(=O)N[C@@H](C)CC(=O)NC[C@H](CC(C)C)C(=O)N[C@H](CC(=O)NC[C@H](C)C(=O)N[C@H](CC(=O)OCc1ccccc1)CC(C)C)C(C)C)C(C)C)NC(=O)[C@@H](C)CNC(=O)C[C@@H](NC(=O)[C@H](CNC(=O)C[C@H](C)NC(=O)[C@H](CNC(=O)OC(C)(C)C)C(C)C)CC(C)C)C(C)C. The number of carbonyl (C=O) groups is 13. The number of rotatable bonds is 50. The van der Waals surface area contributed by atoms with Crippen LogP contribution >= 0.6 is 0 Å². The third kappa shape index (κ3) is 43.7. The van der Waals surface area contributed by atoms with Gasteiger partial charge in [0.15, 0.2) is 0 Å². The molecule has 0 heterocycles. The normalized spacial score (nSPS) is 15.1. The summed E-state index contributed by atoms with van der Waals surface area (Å²) in [5.41, 5.74) is 0.153. The first kappa shape index (κ1) is 97.1. The van der Waals surface area contributed by atoms with Gasteiger partial charge in [0.1, 0.15) is 12.2 Å². The summed E-state index contributed by atoms with van der Waals surface area (Å²) in [5.74, 6) is -8.49. The molecule has 0 bridgehead atoms. The molecule has 1 rings (SSSR count). The highest BCUT2D eigenvalue weighted by Gasteiger charge is 2.33. The Bertz CT molecular complexity index is 2950. The number of nitrogens with one attached hydrogen (secondary N) is 12. The van der Waals surface area contributed by atoms with Gasteiger partial charge >= 0.3 is 12.1 Å². The zero-order valence-electron chi connectivity index (χ0n) is 69.1. The maximum atomic E-state index is 13.9. The van der Waals surface area contributed by atoms with E-state index in [4.69, 9.17) is 9.47 Å². The molecule has 12 atom stereocenters. The van der Waals surface area contributed by atoms with Crippen molar-refractivity contribution < 1.29 is 71.8 Å². The average Bonchev–Trinajstić information content (AvgIpc) is 0.807. The molecule has 1 aromatic rings. The molecule has 610 valence electrons. The molecule has 1 aromatic carbocycles. The first-order chi connectivity index (χ1) is 49.7. The second-order valence-electron chi connectivity index (χ2n) is 33.6. The molecule has 0 radical (unpaired) electrons. The highest BCUT2D eigenvalue weighted by Crippen LogP contribution is 2.20. The molecule has 0 aliphatic rings. The fourth-order valence-corrected chi connectivity index (χ4v) is 12.0. The number of amides is 12. The molecule has 0 aliphatic carbocycles. The van der Waals surface area contributed by atoms with Crippen LogP contribution in [0, 0.1) is 82.9 Å². The zero-order chi connectivity index (χ0) is 81.6. The summed E-state index contributed by atoms with van der Waals surface area (Å²) in [6, 6.07) is 5.95. The predicted molar refractivity (Wildman–Crippen MR) is 416 cm³/mol. The van der Waals surface area contributed by atoms with E-state index >= 15 is 0 Å². The Morgan fingerprint density at radius 3 is 1.06 bits per heavy atom. The minimum Gasteiger partial charge on any atom is -0.461 e. The number of hydrogen-bond donors (Lipinski definition) is 12. The molecule has 0 aromatic heterocycles. The van der Waals surface area contributed by atoms with Crippen molar-refractivity contribution in [1.29, 1.82) is 0 Å². The average molecular weight is 1510 g/mol. The van der Waals surface area contributed by atoms with E-state index in [9.17, 15) is 62.3 Å². The predicted octanol–water partition coefficient (Wildman–Crippen LogP) is 7.67. The summed E-state index contributed by atoms with van der Waals surface area (Å²) >= 11 is 0. The molecule has 27 heteroatoms. The number of hydrogen-bond acceptors (Lipinski definition) is 15. The van der Waals surface area contributed by atoms with Gasteiger partial charge in [-0.15, -0.1) is 0 Å². The lowest BCUT2D eigenvalue weighted by atomic mass is 9.93. The van der Waals surface area contributed by atoms with Crippen LogP contribution in [0.25, 0.3) is 0 Å². The van der Waals surface area contributed by atoms with Gasteiger partial charge in [-0.25, -0.2) is 4.79 Å². The van der Waals surface area contributed by atoms with Crippen molar-refractivity contribution in [2.75, 3.05) is 39.3 Å². The Morgan fingerprint density at radius 2 is 0.692 bits per heavy atom. The van der Waals surface area contributed by atoms with Crippen LogP contribution < -0.4 is 63.8 Å². The smallest absolute Gasteiger partial charge is 0.407 e. The van der Waals surface area contributed by atoms with Crippen LogP contribution in [0.4, 0.5) is 4.79 Å². The summed E-state index contributed by atoms with van der Waals surface area (Å²) in [4.78, 5) is 174. The Balaban J connectivity index is 2.83. The van der Waals surface area contributed by atoms with E-state index in [1.54, 1.807) is 48.5 Å². The lowest BCUT2D eigenvalue weighted by Gasteiger charge is -2.27. The van der Waals surface area contributed by atoms with Gasteiger partial charge in [-0.3, -0.25) is 57.5 Å². The number of ether oxygens (including phenoxy) is 2. The van der Waals surface area contributed by atoms with E-state index in [-0.39, 0.29) is 185 Å². The molecule has 0 aliphatic heterocycles. The van der Waals surface area contributed by atoms with Gasteiger partial charge in [0.2, 0.25) is 65.0 Å². The molecule has 0 saturated heterocycles. The standard InChI is InChI=1S/C80H140N12O15/c1-46(2)29-59(75(101)92-66(53(15)16)38-71(97)82-40-55(18)74(100)90-62(32-49(7)8)36-72(98)106-45-58-27-25-24-26-28-58)41-83-67(93)33-56(19)87-77(103)63(50(9)10)43-85-69(95)35-61(31-48(5)6)89-73(99)54(17)39-81-70(96)37-65(52(13)14)91-76(102)60(30-47(3)4)42-84-68(94)34-57(20)88-78(104)64(51(11)12)44-86-79(105)107-80(21,22)23/h24-28,46-57,59-66H,29-45H2,1-23H3,(H,81,96)(H,82,97)(H,83,93)(H,84,94)(H,85,95)(H,86,105)(H,87,103)(H,88,104)(H,89,99)(H,90,100)(H,91,102)(H,92,101)/t54-,55-,56-,57-,59-,60-,61-,62-,63+,64+,65+,66+/m0/s1. The number of esters is 1. The summed E-state index contributed by atoms with van der Waals surface area (Å²) < 4.78 is 10.8. The van der Waals surface area contributed by atoms with Crippen molar-refractivity contribution in [2.45, 2.75) is 272 Å². The molecule has 107 heavy (non-hydrogen) atoms. The Hall–Kier alpha value is -7.87. The van der Waals surface area contributed by atoms with Crippen molar-refractivity contribution >= 4 is 77.0 Å². The van der Waals surface area contributed by atoms with Gasteiger partial charge in [0.25, 0.3) is 0 Å². The van der Waals surface area contributed by atoms with Crippen LogP contribution in [0.1, 0.15) is 229 Å². The molecule has 12 amide bonds. The van der Waals surface area contributed by atoms with Crippen molar-refractivity contribution in [1.82, 2.24) is 63.8 Å². The largest absolute Gasteiger partial charge is 0.461 e. The Kier molecular flexibility index (Phi) is 45.4. The van der Waals surface area contributed by atoms with Crippen molar-refractivity contribution in [3.8, 4) is 0 Å². The highest BCUT2D eigenvalue weighted by molar-refractivity contribution is 5.87. The fraction of sp³-hybridized carbons (Fsp3) is 0.762. The quantitative estimate of drug-likeness (QED) is 0.0278. The summed E-state index contributed by atoms with van der Waals surface area (Å²) in [6.45, 7) is 42.9. The molecule has 27 nitrogen and oxygen atoms in total. The van der Waals surface area contributed by atoms with Crippen molar-refractivity contribution in [3.63, 3.8) is 0 Å². The highest BCUT2D eigenvalue weighted by atomic mass is 16.6. The maximum absolute atomic E-state index is 13.9. The van der Waals surface area contributed by atoms with E-state index in [1.165, 1.54) is 0 Å². The van der Waals surface area contributed by atoms with Gasteiger partial charge in [-0.1, -0.05) is 155 Å². The van der Waals surface area contributed by atoms with Gasteiger partial charge in [-0.05, 0) is 113 Å². The van der Waals surface area contributed by atoms with Crippen LogP contribution in [0.5, 0.6) is 0 Å². The third-order valence-corrected chi connectivity index (χ3v) is 18.2. The molecular formula is C80H140N12O15. The second-order valence-corrected chi connectivity index (χ2v) is 33.6. The van der Waals surface area contributed by atoms with Crippen molar-refractivity contribution in [2.24, 2.45) is 82.9 Å². The van der Waals surface area contributed by atoms with Crippen LogP contribution in [-0.2, 0) is 73.6 Å². The number of benzene rings is 1. The van der Waals surface area contributed by atoms with E-state index in [0.717, 1.165) is 5.56 Å². The van der Waals surface area contributed by atoms with E-state index in [2.05, 4.69) is 63.8 Å². The van der Waals surface area contributed by atoms with Crippen LogP contribution in [-0.4, -0.2) is 158 Å². The van der Waals surface area contributed by atoms with Gasteiger partial charge in [0.05, 0.1) is 41.9 Å². The lowest BCUT2D eigenvalue weighted by molar-refractivity contribution is -0.146. The number of carbonyl (C=O) groups excluding carboxylic acids is 13. The van der Waals surface area contributed by atoms with Gasteiger partial charge < -0.3 is 73.3 Å². The monoisotopic (exact) mass is 1510 g/mol. The third-order valence-electron chi connectivity index (χ3n) is 18.2. The van der Waals surface area contributed by atoms with E-state index < -0.39 is 101 Å². The molecule has 0 spiro atoms. The molecule has 0 unspecified atom stereocenters. The molecular weight excluding hydrogens is 1370 g/mol. The summed E-state index contributed by atoms with van der Waals surface area (Å²) in [7, 11) is 0. The molecule has 12 N–H and O–H groups in total. The second kappa shape index (κ2) is 50.0. The minimum absolute atomic E-state index is 0.000623. The summed E-state index contributed by atoms with van der Waals surface area (Å²) in [6.07, 6.45) is 0.878. The maximum Gasteiger partial charge on any atom is 0.407 e. The fourth-order valence-electron chi connectivity index (χ4n) is 12.0. The zero-order valence-corrected chi connectivity index (χ0v) is 69.1. The van der Waals surface area contributed by atoms with Crippen LogP contribution in [0.2, 0.25) is 0 Å². The molecule has 0 saturated carbocycles. The molecule has 0 fully saturated rings. The first-order valence-corrected chi connectivity index (χ1v) is 39.1. The first-order valence-electron chi connectivity index (χ1n) is 39.1. The summed E-state index contributed by atoms with van der Waals surface area (Å²) in [5, 5.41) is 34.7. The van der Waals surface area contributed by atoms with Crippen LogP contribution in [0.3, 0.4) is 0 Å². The topological polar surface area (TPSA) is 385 Å². The minimum atomic E-state index is -0.705.